The lowest BCUT2D eigenvalue weighted by atomic mass is 10.1. The standard InChI is InChI=1S/C15H10ClN3/c1-10-3-2-4-15(13(10)9-18)19-14-6-5-12(16)7-11(14)8-17/h2-7,19H,1H3. The van der Waals surface area contributed by atoms with Crippen molar-refractivity contribution in [3.05, 3.63) is 58.1 Å². The number of hydrogen-bond acceptors (Lipinski definition) is 3. The summed E-state index contributed by atoms with van der Waals surface area (Å²) in [5, 5.41) is 21.9. The maximum atomic E-state index is 9.17. The Morgan fingerprint density at radius 2 is 1.84 bits per heavy atom. The summed E-state index contributed by atoms with van der Waals surface area (Å²) in [6, 6.07) is 14.8. The Morgan fingerprint density at radius 3 is 2.53 bits per heavy atom. The Balaban J connectivity index is 2.46. The molecule has 4 heteroatoms. The summed E-state index contributed by atoms with van der Waals surface area (Å²) in [6.07, 6.45) is 0. The smallest absolute Gasteiger partial charge is 0.102 e. The third-order valence-electron chi connectivity index (χ3n) is 2.76. The Hall–Kier alpha value is -2.49. The molecular formula is C15H10ClN3. The molecule has 0 bridgehead atoms. The van der Waals surface area contributed by atoms with Gasteiger partial charge in [-0.05, 0) is 36.8 Å². The van der Waals surface area contributed by atoms with Crippen molar-refractivity contribution in [3.8, 4) is 12.1 Å². The van der Waals surface area contributed by atoms with Crippen LogP contribution < -0.4 is 5.32 Å². The molecule has 0 spiro atoms. The van der Waals surface area contributed by atoms with Crippen LogP contribution in [0.25, 0.3) is 0 Å². The number of nitriles is 2. The van der Waals surface area contributed by atoms with Crippen LogP contribution in [0.4, 0.5) is 11.4 Å². The number of benzene rings is 2. The summed E-state index contributed by atoms with van der Waals surface area (Å²) in [5.74, 6) is 0. The van der Waals surface area contributed by atoms with Crippen molar-refractivity contribution < 1.29 is 0 Å². The first-order valence-electron chi connectivity index (χ1n) is 5.62. The Kier molecular flexibility index (Phi) is 3.71. The van der Waals surface area contributed by atoms with Crippen LogP contribution in [-0.2, 0) is 0 Å². The van der Waals surface area contributed by atoms with Gasteiger partial charge in [0.05, 0.1) is 22.5 Å². The van der Waals surface area contributed by atoms with E-state index in [4.69, 9.17) is 16.9 Å². The fourth-order valence-corrected chi connectivity index (χ4v) is 1.96. The van der Waals surface area contributed by atoms with E-state index in [0.717, 1.165) is 5.56 Å². The fraction of sp³-hybridized carbons (Fsp3) is 0.0667. The summed E-state index contributed by atoms with van der Waals surface area (Å²) >= 11 is 5.85. The normalized spacial score (nSPS) is 9.47. The molecule has 0 aliphatic heterocycles. The second-order valence-corrected chi connectivity index (χ2v) is 4.47. The zero-order chi connectivity index (χ0) is 13.8. The summed E-state index contributed by atoms with van der Waals surface area (Å²) in [6.45, 7) is 1.87. The number of rotatable bonds is 2. The van der Waals surface area contributed by atoms with Gasteiger partial charge in [0.1, 0.15) is 12.1 Å². The molecule has 2 aromatic carbocycles. The van der Waals surface area contributed by atoms with Crippen molar-refractivity contribution in [1.82, 2.24) is 0 Å². The van der Waals surface area contributed by atoms with Gasteiger partial charge in [-0.25, -0.2) is 0 Å². The molecule has 0 saturated carbocycles. The molecular weight excluding hydrogens is 258 g/mol. The molecule has 0 aliphatic carbocycles. The summed E-state index contributed by atoms with van der Waals surface area (Å²) in [4.78, 5) is 0. The van der Waals surface area contributed by atoms with Crippen LogP contribution in [0.2, 0.25) is 5.02 Å². The molecule has 19 heavy (non-hydrogen) atoms. The highest BCUT2D eigenvalue weighted by molar-refractivity contribution is 6.30. The number of anilines is 2. The van der Waals surface area contributed by atoms with Crippen LogP contribution in [-0.4, -0.2) is 0 Å². The SMILES string of the molecule is Cc1cccc(Nc2ccc(Cl)cc2C#N)c1C#N. The third-order valence-corrected chi connectivity index (χ3v) is 2.99. The van der Waals surface area contributed by atoms with Crippen molar-refractivity contribution in [1.29, 1.82) is 10.5 Å². The van der Waals surface area contributed by atoms with E-state index in [2.05, 4.69) is 17.5 Å². The largest absolute Gasteiger partial charge is 0.353 e. The van der Waals surface area contributed by atoms with E-state index >= 15 is 0 Å². The number of aryl methyl sites for hydroxylation is 1. The quantitative estimate of drug-likeness (QED) is 0.890. The molecule has 0 aliphatic rings. The van der Waals surface area contributed by atoms with Gasteiger partial charge in [-0.1, -0.05) is 23.7 Å². The molecule has 0 atom stereocenters. The number of halogens is 1. The first-order valence-corrected chi connectivity index (χ1v) is 6.00. The number of hydrogen-bond donors (Lipinski definition) is 1. The predicted molar refractivity (Wildman–Crippen MR) is 75.3 cm³/mol. The van der Waals surface area contributed by atoms with Crippen LogP contribution in [0, 0.1) is 29.6 Å². The average Bonchev–Trinajstić information content (AvgIpc) is 2.41. The lowest BCUT2D eigenvalue weighted by Gasteiger charge is -2.11. The molecule has 0 fully saturated rings. The molecule has 0 amide bonds. The van der Waals surface area contributed by atoms with Gasteiger partial charge in [0.15, 0.2) is 0 Å². The molecule has 0 heterocycles. The van der Waals surface area contributed by atoms with Crippen LogP contribution in [0.15, 0.2) is 36.4 Å². The van der Waals surface area contributed by atoms with Crippen molar-refractivity contribution in [2.45, 2.75) is 6.92 Å². The topological polar surface area (TPSA) is 59.6 Å². The monoisotopic (exact) mass is 267 g/mol. The van der Waals surface area contributed by atoms with Crippen LogP contribution in [0.1, 0.15) is 16.7 Å². The molecule has 1 N–H and O–H groups in total. The Bertz CT molecular complexity index is 708. The van der Waals surface area contributed by atoms with Crippen LogP contribution in [0.3, 0.4) is 0 Å². The summed E-state index contributed by atoms with van der Waals surface area (Å²) in [5.41, 5.74) is 3.22. The highest BCUT2D eigenvalue weighted by Gasteiger charge is 2.08. The van der Waals surface area contributed by atoms with E-state index in [-0.39, 0.29) is 0 Å². The van der Waals surface area contributed by atoms with E-state index in [1.807, 2.05) is 19.1 Å². The van der Waals surface area contributed by atoms with Crippen molar-refractivity contribution in [2.24, 2.45) is 0 Å². The summed E-state index contributed by atoms with van der Waals surface area (Å²) < 4.78 is 0. The van der Waals surface area contributed by atoms with Gasteiger partial charge >= 0.3 is 0 Å². The maximum absolute atomic E-state index is 9.17. The lowest BCUT2D eigenvalue weighted by molar-refractivity contribution is 1.37. The fourth-order valence-electron chi connectivity index (χ4n) is 1.78. The lowest BCUT2D eigenvalue weighted by Crippen LogP contribution is -1.97. The third kappa shape index (κ3) is 2.68. The minimum absolute atomic E-state index is 0.442. The second-order valence-electron chi connectivity index (χ2n) is 4.04. The maximum Gasteiger partial charge on any atom is 0.102 e. The van der Waals surface area contributed by atoms with E-state index in [1.54, 1.807) is 24.3 Å². The number of nitrogens with one attached hydrogen (secondary N) is 1. The molecule has 0 aromatic heterocycles. The van der Waals surface area contributed by atoms with Crippen molar-refractivity contribution in [2.75, 3.05) is 5.32 Å². The summed E-state index contributed by atoms with van der Waals surface area (Å²) in [7, 11) is 0. The minimum atomic E-state index is 0.442. The zero-order valence-electron chi connectivity index (χ0n) is 10.2. The molecule has 92 valence electrons. The van der Waals surface area contributed by atoms with Crippen molar-refractivity contribution in [3.63, 3.8) is 0 Å². The molecule has 0 unspecified atom stereocenters. The van der Waals surface area contributed by atoms with Gasteiger partial charge in [0, 0.05) is 5.02 Å². The molecule has 2 aromatic rings. The molecule has 0 radical (unpaired) electrons. The van der Waals surface area contributed by atoms with E-state index in [0.29, 0.717) is 27.5 Å². The first kappa shape index (κ1) is 13.0. The van der Waals surface area contributed by atoms with Gasteiger partial charge in [-0.15, -0.1) is 0 Å². The van der Waals surface area contributed by atoms with E-state index < -0.39 is 0 Å². The second kappa shape index (κ2) is 5.44. The van der Waals surface area contributed by atoms with Gasteiger partial charge < -0.3 is 5.32 Å². The molecule has 0 saturated heterocycles. The minimum Gasteiger partial charge on any atom is -0.353 e. The molecule has 3 nitrogen and oxygen atoms in total. The Morgan fingerprint density at radius 1 is 1.05 bits per heavy atom. The average molecular weight is 268 g/mol. The molecule has 2 rings (SSSR count). The van der Waals surface area contributed by atoms with Gasteiger partial charge in [-0.2, -0.15) is 10.5 Å². The van der Waals surface area contributed by atoms with E-state index in [9.17, 15) is 5.26 Å². The first-order chi connectivity index (χ1) is 9.15. The van der Waals surface area contributed by atoms with Gasteiger partial charge in [0.25, 0.3) is 0 Å². The number of nitrogens with zero attached hydrogens (tertiary/aromatic N) is 2. The predicted octanol–water partition coefficient (Wildman–Crippen LogP) is 4.14. The van der Waals surface area contributed by atoms with Crippen molar-refractivity contribution >= 4 is 23.0 Å². The van der Waals surface area contributed by atoms with Gasteiger partial charge in [-0.3, -0.25) is 0 Å². The zero-order valence-corrected chi connectivity index (χ0v) is 11.0. The van der Waals surface area contributed by atoms with Crippen LogP contribution in [0.5, 0.6) is 0 Å². The Labute approximate surface area is 116 Å². The highest BCUT2D eigenvalue weighted by atomic mass is 35.5. The highest BCUT2D eigenvalue weighted by Crippen LogP contribution is 2.26. The van der Waals surface area contributed by atoms with E-state index in [1.165, 1.54) is 0 Å². The van der Waals surface area contributed by atoms with Crippen LogP contribution >= 0.6 is 11.6 Å². The van der Waals surface area contributed by atoms with Gasteiger partial charge in [0.2, 0.25) is 0 Å².